The van der Waals surface area contributed by atoms with Gasteiger partial charge in [-0.1, -0.05) is 43.3 Å². The Morgan fingerprint density at radius 1 is 1.00 bits per heavy atom. The van der Waals surface area contributed by atoms with E-state index in [9.17, 15) is 4.79 Å². The van der Waals surface area contributed by atoms with Gasteiger partial charge >= 0.3 is 0 Å². The minimum Gasteiger partial charge on any atom is -0.382 e. The molecular formula is C25H26N6O. The zero-order chi connectivity index (χ0) is 22.8. The number of aromatic amines is 1. The number of aromatic nitrogens is 5. The van der Waals surface area contributed by atoms with Crippen molar-refractivity contribution < 1.29 is 0 Å². The van der Waals surface area contributed by atoms with Gasteiger partial charge in [0.05, 0.1) is 17.4 Å². The average Bonchev–Trinajstić information content (AvgIpc) is 3.24. The van der Waals surface area contributed by atoms with Crippen LogP contribution in [0, 0.1) is 20.8 Å². The van der Waals surface area contributed by atoms with E-state index < -0.39 is 0 Å². The van der Waals surface area contributed by atoms with E-state index in [2.05, 4.69) is 32.9 Å². The summed E-state index contributed by atoms with van der Waals surface area (Å²) >= 11 is 0. The second-order valence-electron chi connectivity index (χ2n) is 7.71. The van der Waals surface area contributed by atoms with Crippen LogP contribution in [0.5, 0.6) is 0 Å². The highest BCUT2D eigenvalue weighted by atomic mass is 16.1. The van der Waals surface area contributed by atoms with Crippen LogP contribution in [0.1, 0.15) is 29.6 Å². The summed E-state index contributed by atoms with van der Waals surface area (Å²) in [6, 6.07) is 16.2. The number of nitrogens with zero attached hydrogens (tertiary/aromatic N) is 4. The Kier molecular flexibility index (Phi) is 5.73. The van der Waals surface area contributed by atoms with Gasteiger partial charge in [-0.3, -0.25) is 9.36 Å². The predicted octanol–water partition coefficient (Wildman–Crippen LogP) is 4.41. The number of imidazole rings is 1. The van der Waals surface area contributed by atoms with Crippen LogP contribution >= 0.6 is 0 Å². The molecule has 0 unspecified atom stereocenters. The van der Waals surface area contributed by atoms with Crippen molar-refractivity contribution in [2.75, 3.05) is 5.73 Å². The van der Waals surface area contributed by atoms with Gasteiger partial charge in [0, 0.05) is 5.69 Å². The second kappa shape index (κ2) is 8.63. The number of nitrogens with two attached hydrogens (primary N) is 1. The molecule has 3 aromatic heterocycles. The summed E-state index contributed by atoms with van der Waals surface area (Å²) < 4.78 is 1.87. The van der Waals surface area contributed by atoms with Gasteiger partial charge in [0.2, 0.25) is 0 Å². The molecule has 0 spiro atoms. The first-order chi connectivity index (χ1) is 15.4. The molecule has 0 aliphatic heterocycles. The number of aryl methyl sites for hydroxylation is 4. The normalized spacial score (nSPS) is 10.9. The number of fused-ring (bicyclic) bond motifs is 2. The lowest BCUT2D eigenvalue weighted by Crippen LogP contribution is -2.23. The highest BCUT2D eigenvalue weighted by Gasteiger charge is 2.12. The van der Waals surface area contributed by atoms with E-state index >= 15 is 0 Å². The van der Waals surface area contributed by atoms with Gasteiger partial charge in [-0.15, -0.1) is 0 Å². The van der Waals surface area contributed by atoms with Gasteiger partial charge in [-0.05, 0) is 55.8 Å². The zero-order valence-corrected chi connectivity index (χ0v) is 18.7. The lowest BCUT2D eigenvalue weighted by Gasteiger charge is -2.16. The highest BCUT2D eigenvalue weighted by molar-refractivity contribution is 5.85. The minimum absolute atomic E-state index is 0.0803. The fraction of sp³-hybridized carbons (Fsp3) is 0.200. The van der Waals surface area contributed by atoms with E-state index in [1.165, 1.54) is 0 Å². The van der Waals surface area contributed by atoms with Gasteiger partial charge < -0.3 is 10.7 Å². The van der Waals surface area contributed by atoms with Crippen molar-refractivity contribution in [3.63, 3.8) is 0 Å². The fourth-order valence-electron chi connectivity index (χ4n) is 3.90. The Hall–Kier alpha value is -4.00. The Bertz CT molecular complexity index is 1480. The molecule has 3 N–H and O–H groups in total. The summed E-state index contributed by atoms with van der Waals surface area (Å²) in [7, 11) is 0. The topological polar surface area (TPSA) is 102 Å². The average molecular weight is 427 g/mol. The summed E-state index contributed by atoms with van der Waals surface area (Å²) in [5, 5.41) is 1.85. The van der Waals surface area contributed by atoms with E-state index in [0.717, 1.165) is 39.7 Å². The smallest absolute Gasteiger partial charge is 0.263 e. The van der Waals surface area contributed by atoms with E-state index in [1.807, 2.05) is 60.9 Å². The number of nitrogen functional groups attached to an aromatic ring is 1. The number of anilines is 1. The van der Waals surface area contributed by atoms with Crippen molar-refractivity contribution in [3.05, 3.63) is 87.9 Å². The molecule has 0 saturated heterocycles. The van der Waals surface area contributed by atoms with Gasteiger partial charge in [0.25, 0.3) is 5.56 Å². The van der Waals surface area contributed by atoms with Crippen LogP contribution in [0.3, 0.4) is 0 Å². The predicted molar refractivity (Wildman–Crippen MR) is 129 cm³/mol. The molecule has 3 heterocycles. The van der Waals surface area contributed by atoms with Crippen LogP contribution in [-0.2, 0) is 6.42 Å². The van der Waals surface area contributed by atoms with Crippen molar-refractivity contribution in [2.45, 2.75) is 34.1 Å². The van der Waals surface area contributed by atoms with Crippen molar-refractivity contribution in [1.82, 2.24) is 24.5 Å². The molecule has 2 aromatic carbocycles. The van der Waals surface area contributed by atoms with Gasteiger partial charge in [0.15, 0.2) is 11.5 Å². The highest BCUT2D eigenvalue weighted by Crippen LogP contribution is 2.21. The second-order valence-corrected chi connectivity index (χ2v) is 7.71. The number of benzene rings is 2. The van der Waals surface area contributed by atoms with Crippen LogP contribution < -0.4 is 11.3 Å². The first-order valence-electron chi connectivity index (χ1n) is 10.5. The van der Waals surface area contributed by atoms with Gasteiger partial charge in [-0.25, -0.2) is 15.0 Å². The molecule has 0 bridgehead atoms. The molecule has 0 saturated carbocycles. The fourth-order valence-corrected chi connectivity index (χ4v) is 3.90. The van der Waals surface area contributed by atoms with Crippen molar-refractivity contribution in [3.8, 4) is 5.69 Å². The number of hydrogen-bond donors (Lipinski definition) is 2. The lowest BCUT2D eigenvalue weighted by molar-refractivity contribution is 0.882. The summed E-state index contributed by atoms with van der Waals surface area (Å²) in [6.45, 7) is 7.91. The number of nitrogens with one attached hydrogen (secondary N) is 1. The molecule has 0 atom stereocenters. The number of hydrogen-bond acceptors (Lipinski definition) is 5. The third kappa shape index (κ3) is 3.85. The molecule has 162 valence electrons. The number of H-pyrrole nitrogens is 1. The SMILES string of the molecule is CCc1cc2cccc(C)c2c(=O)n1-c1ccccc1C.Cc1nc(N)c2[nH]cnc2n1. The molecule has 0 aliphatic carbocycles. The first-order valence-corrected chi connectivity index (χ1v) is 10.5. The van der Waals surface area contributed by atoms with E-state index in [-0.39, 0.29) is 5.56 Å². The van der Waals surface area contributed by atoms with Crippen LogP contribution in [-0.4, -0.2) is 24.5 Å². The van der Waals surface area contributed by atoms with E-state index in [1.54, 1.807) is 13.3 Å². The minimum atomic E-state index is 0.0803. The number of para-hydroxylation sites is 1. The zero-order valence-electron chi connectivity index (χ0n) is 18.7. The lowest BCUT2D eigenvalue weighted by atomic mass is 10.0. The van der Waals surface area contributed by atoms with Crippen molar-refractivity contribution in [2.24, 2.45) is 0 Å². The first kappa shape index (κ1) is 21.2. The van der Waals surface area contributed by atoms with Crippen LogP contribution in [0.4, 0.5) is 5.82 Å². The number of pyridine rings is 1. The Morgan fingerprint density at radius 2 is 1.75 bits per heavy atom. The molecular weight excluding hydrogens is 400 g/mol. The quantitative estimate of drug-likeness (QED) is 0.435. The maximum Gasteiger partial charge on any atom is 0.263 e. The van der Waals surface area contributed by atoms with Crippen molar-refractivity contribution >= 4 is 27.8 Å². The third-order valence-corrected chi connectivity index (χ3v) is 5.48. The Balaban J connectivity index is 0.000000186. The molecule has 7 heteroatoms. The summed E-state index contributed by atoms with van der Waals surface area (Å²) in [6.07, 6.45) is 2.38. The van der Waals surface area contributed by atoms with Gasteiger partial charge in [-0.2, -0.15) is 0 Å². The van der Waals surface area contributed by atoms with E-state index in [0.29, 0.717) is 22.8 Å². The van der Waals surface area contributed by atoms with Crippen molar-refractivity contribution in [1.29, 1.82) is 0 Å². The Morgan fingerprint density at radius 3 is 2.50 bits per heavy atom. The monoisotopic (exact) mass is 426 g/mol. The standard InChI is InChI=1S/C19H19NO.C6H7N5/c1-4-16-12-15-10-7-9-14(3)18(15)19(21)20(16)17-11-6-5-8-13(17)2;1-3-10-5(7)4-6(11-3)9-2-8-4/h5-12H,4H2,1-3H3;2H,1H3,(H3,7,8,9,10,11). The largest absolute Gasteiger partial charge is 0.382 e. The summed E-state index contributed by atoms with van der Waals surface area (Å²) in [5.41, 5.74) is 11.2. The molecule has 5 rings (SSSR count). The van der Waals surface area contributed by atoms with Crippen LogP contribution in [0.2, 0.25) is 0 Å². The molecule has 0 aliphatic rings. The molecule has 0 fully saturated rings. The third-order valence-electron chi connectivity index (χ3n) is 5.48. The molecule has 32 heavy (non-hydrogen) atoms. The summed E-state index contributed by atoms with van der Waals surface area (Å²) in [5.74, 6) is 1.09. The molecule has 5 aromatic rings. The van der Waals surface area contributed by atoms with Crippen LogP contribution in [0.25, 0.3) is 27.6 Å². The molecule has 0 radical (unpaired) electrons. The Labute approximate surface area is 186 Å². The molecule has 0 amide bonds. The van der Waals surface area contributed by atoms with Gasteiger partial charge in [0.1, 0.15) is 11.3 Å². The van der Waals surface area contributed by atoms with Crippen LogP contribution in [0.15, 0.2) is 59.7 Å². The molecule has 7 nitrogen and oxygen atoms in total. The number of rotatable bonds is 2. The maximum atomic E-state index is 13.0. The maximum absolute atomic E-state index is 13.0. The summed E-state index contributed by atoms with van der Waals surface area (Å²) in [4.78, 5) is 27.9. The van der Waals surface area contributed by atoms with E-state index in [4.69, 9.17) is 5.73 Å².